The highest BCUT2D eigenvalue weighted by atomic mass is 16.6. The number of hydrogen-bond acceptors (Lipinski definition) is 7. The molecule has 2 N–H and O–H groups in total. The molecule has 0 bridgehead atoms. The molecule has 0 heterocycles. The molecule has 0 aromatic heterocycles. The Bertz CT molecular complexity index is 712. The number of hydrogen-bond donors (Lipinski definition) is 2. The summed E-state index contributed by atoms with van der Waals surface area (Å²) >= 11 is 0. The number of carbonyl (C=O) groups excluding carboxylic acids is 2. The molecular formula is C19H20O7. The van der Waals surface area contributed by atoms with Crippen LogP contribution < -0.4 is 4.74 Å². The van der Waals surface area contributed by atoms with Gasteiger partial charge >= 0.3 is 11.9 Å². The second-order valence-electron chi connectivity index (χ2n) is 5.44. The maximum atomic E-state index is 11.8. The van der Waals surface area contributed by atoms with Crippen molar-refractivity contribution in [1.29, 1.82) is 0 Å². The Morgan fingerprint density at radius 3 is 1.73 bits per heavy atom. The zero-order chi connectivity index (χ0) is 18.9. The van der Waals surface area contributed by atoms with Crippen LogP contribution in [-0.2, 0) is 32.3 Å². The van der Waals surface area contributed by atoms with Gasteiger partial charge in [-0.2, -0.15) is 0 Å². The Morgan fingerprint density at radius 1 is 0.808 bits per heavy atom. The van der Waals surface area contributed by atoms with Crippen LogP contribution in [0.2, 0.25) is 0 Å². The molecule has 2 aromatic rings. The molecule has 0 saturated heterocycles. The lowest BCUT2D eigenvalue weighted by atomic mass is 10.2. The van der Waals surface area contributed by atoms with E-state index in [4.69, 9.17) is 14.2 Å². The molecule has 7 nitrogen and oxygen atoms in total. The van der Waals surface area contributed by atoms with Crippen molar-refractivity contribution >= 4 is 11.9 Å². The van der Waals surface area contributed by atoms with E-state index in [0.717, 1.165) is 0 Å². The molecule has 26 heavy (non-hydrogen) atoms. The first-order chi connectivity index (χ1) is 12.5. The fourth-order valence-corrected chi connectivity index (χ4v) is 2.03. The Labute approximate surface area is 150 Å². The monoisotopic (exact) mass is 360 g/mol. The molecule has 0 radical (unpaired) electrons. The number of benzene rings is 2. The van der Waals surface area contributed by atoms with E-state index in [1.807, 2.05) is 6.07 Å². The van der Waals surface area contributed by atoms with Gasteiger partial charge < -0.3 is 24.4 Å². The minimum Gasteiger partial charge on any atom is -0.497 e. The molecular weight excluding hydrogens is 340 g/mol. The molecule has 2 aromatic carbocycles. The van der Waals surface area contributed by atoms with Crippen molar-refractivity contribution in [3.8, 4) is 5.75 Å². The van der Waals surface area contributed by atoms with Crippen molar-refractivity contribution in [2.45, 2.75) is 25.4 Å². The smallest absolute Gasteiger partial charge is 0.338 e. The SMILES string of the molecule is COc1ccc(COC(=O)C(O)C(O)C(=O)OCc2ccccc2)cc1. The summed E-state index contributed by atoms with van der Waals surface area (Å²) in [7, 11) is 1.53. The van der Waals surface area contributed by atoms with Crippen LogP contribution in [0.3, 0.4) is 0 Å². The number of rotatable bonds is 8. The Balaban J connectivity index is 1.80. The van der Waals surface area contributed by atoms with Gasteiger partial charge in [0.25, 0.3) is 0 Å². The van der Waals surface area contributed by atoms with E-state index in [9.17, 15) is 19.8 Å². The van der Waals surface area contributed by atoms with Crippen LogP contribution in [0, 0.1) is 0 Å². The number of aliphatic hydroxyl groups is 2. The quantitative estimate of drug-likeness (QED) is 0.682. The van der Waals surface area contributed by atoms with Gasteiger partial charge in [0.2, 0.25) is 0 Å². The van der Waals surface area contributed by atoms with Crippen molar-refractivity contribution in [1.82, 2.24) is 0 Å². The zero-order valence-corrected chi connectivity index (χ0v) is 14.2. The number of carbonyl (C=O) groups is 2. The van der Waals surface area contributed by atoms with Gasteiger partial charge in [-0.3, -0.25) is 0 Å². The second kappa shape index (κ2) is 9.55. The molecule has 0 spiro atoms. The first-order valence-electron chi connectivity index (χ1n) is 7.87. The summed E-state index contributed by atoms with van der Waals surface area (Å²) in [5.74, 6) is -1.58. The highest BCUT2D eigenvalue weighted by Gasteiger charge is 2.33. The molecule has 2 rings (SSSR count). The predicted octanol–water partition coefficient (Wildman–Crippen LogP) is 1.20. The van der Waals surface area contributed by atoms with Crippen LogP contribution in [0.1, 0.15) is 11.1 Å². The summed E-state index contributed by atoms with van der Waals surface area (Å²) in [6.45, 7) is -0.198. The van der Waals surface area contributed by atoms with Crippen molar-refractivity contribution in [2.24, 2.45) is 0 Å². The lowest BCUT2D eigenvalue weighted by Gasteiger charge is -2.16. The molecule has 0 aliphatic heterocycles. The molecule has 0 amide bonds. The lowest BCUT2D eigenvalue weighted by molar-refractivity contribution is -0.174. The Kier molecular flexibility index (Phi) is 7.13. The number of ether oxygens (including phenoxy) is 3. The first-order valence-corrected chi connectivity index (χ1v) is 7.87. The van der Waals surface area contributed by atoms with Crippen LogP contribution in [0.5, 0.6) is 5.75 Å². The van der Waals surface area contributed by atoms with Crippen molar-refractivity contribution in [2.75, 3.05) is 7.11 Å². The fraction of sp³-hybridized carbons (Fsp3) is 0.263. The first kappa shape index (κ1) is 19.4. The Hall–Kier alpha value is -2.90. The Morgan fingerprint density at radius 2 is 1.27 bits per heavy atom. The van der Waals surface area contributed by atoms with Crippen molar-refractivity contribution in [3.63, 3.8) is 0 Å². The number of aliphatic hydroxyl groups excluding tert-OH is 2. The fourth-order valence-electron chi connectivity index (χ4n) is 2.03. The minimum absolute atomic E-state index is 0.0790. The van der Waals surface area contributed by atoms with Gasteiger partial charge in [0, 0.05) is 0 Å². The summed E-state index contributed by atoms with van der Waals surface area (Å²) < 4.78 is 14.8. The number of esters is 2. The van der Waals surface area contributed by atoms with Gasteiger partial charge in [-0.1, -0.05) is 42.5 Å². The van der Waals surface area contributed by atoms with E-state index >= 15 is 0 Å². The van der Waals surface area contributed by atoms with E-state index in [2.05, 4.69) is 0 Å². The lowest BCUT2D eigenvalue weighted by Crippen LogP contribution is -2.41. The highest BCUT2D eigenvalue weighted by molar-refractivity contribution is 5.85. The van der Waals surface area contributed by atoms with Crippen molar-refractivity contribution in [3.05, 3.63) is 65.7 Å². The third kappa shape index (κ3) is 5.58. The van der Waals surface area contributed by atoms with E-state index in [0.29, 0.717) is 16.9 Å². The van der Waals surface area contributed by atoms with Crippen LogP contribution in [0.15, 0.2) is 54.6 Å². The van der Waals surface area contributed by atoms with Gasteiger partial charge in [0.05, 0.1) is 7.11 Å². The van der Waals surface area contributed by atoms with Gasteiger partial charge in [-0.25, -0.2) is 9.59 Å². The van der Waals surface area contributed by atoms with E-state index in [1.54, 1.807) is 48.5 Å². The molecule has 2 unspecified atom stereocenters. The predicted molar refractivity (Wildman–Crippen MR) is 91.0 cm³/mol. The maximum Gasteiger partial charge on any atom is 0.338 e. The largest absolute Gasteiger partial charge is 0.497 e. The van der Waals surface area contributed by atoms with Crippen LogP contribution in [0.4, 0.5) is 0 Å². The van der Waals surface area contributed by atoms with Crippen molar-refractivity contribution < 1.29 is 34.0 Å². The molecule has 0 aliphatic rings. The zero-order valence-electron chi connectivity index (χ0n) is 14.2. The van der Waals surface area contributed by atoms with Gasteiger partial charge in [-0.05, 0) is 23.3 Å². The van der Waals surface area contributed by atoms with Crippen LogP contribution in [0.25, 0.3) is 0 Å². The third-order valence-corrected chi connectivity index (χ3v) is 3.55. The standard InChI is InChI=1S/C19H20O7/c1-24-15-9-7-14(8-10-15)12-26-19(23)17(21)16(20)18(22)25-11-13-5-3-2-4-6-13/h2-10,16-17,20-21H,11-12H2,1H3. The summed E-state index contributed by atoms with van der Waals surface area (Å²) in [6.07, 6.45) is -4.06. The summed E-state index contributed by atoms with van der Waals surface area (Å²) in [5.41, 5.74) is 1.37. The summed E-state index contributed by atoms with van der Waals surface area (Å²) in [5, 5.41) is 19.5. The molecule has 0 aliphatic carbocycles. The van der Waals surface area contributed by atoms with E-state index in [-0.39, 0.29) is 13.2 Å². The third-order valence-electron chi connectivity index (χ3n) is 3.55. The molecule has 7 heteroatoms. The molecule has 0 fully saturated rings. The normalized spacial score (nSPS) is 12.7. The molecule has 0 saturated carbocycles. The second-order valence-corrected chi connectivity index (χ2v) is 5.44. The molecule has 2 atom stereocenters. The van der Waals surface area contributed by atoms with E-state index in [1.165, 1.54) is 7.11 Å². The van der Waals surface area contributed by atoms with Gasteiger partial charge in [-0.15, -0.1) is 0 Å². The highest BCUT2D eigenvalue weighted by Crippen LogP contribution is 2.12. The van der Waals surface area contributed by atoms with Crippen LogP contribution >= 0.6 is 0 Å². The minimum atomic E-state index is -2.03. The van der Waals surface area contributed by atoms with Gasteiger partial charge in [0.15, 0.2) is 12.2 Å². The average Bonchev–Trinajstić information content (AvgIpc) is 2.70. The summed E-state index contributed by atoms with van der Waals surface area (Å²) in [6, 6.07) is 15.6. The summed E-state index contributed by atoms with van der Waals surface area (Å²) in [4.78, 5) is 23.5. The average molecular weight is 360 g/mol. The number of methoxy groups -OCH3 is 1. The van der Waals surface area contributed by atoms with Gasteiger partial charge in [0.1, 0.15) is 19.0 Å². The van der Waals surface area contributed by atoms with E-state index < -0.39 is 24.1 Å². The van der Waals surface area contributed by atoms with Crippen LogP contribution in [-0.4, -0.2) is 41.5 Å². The maximum absolute atomic E-state index is 11.8. The molecule has 138 valence electrons. The topological polar surface area (TPSA) is 102 Å².